The molecular formula is C42H45N3O3. The van der Waals surface area contributed by atoms with E-state index in [-0.39, 0.29) is 23.7 Å². The number of imidazole rings is 1. The third-order valence-corrected chi connectivity index (χ3v) is 9.39. The van der Waals surface area contributed by atoms with Crippen LogP contribution < -0.4 is 5.32 Å². The van der Waals surface area contributed by atoms with Gasteiger partial charge in [-0.25, -0.2) is 9.78 Å². The van der Waals surface area contributed by atoms with Gasteiger partial charge in [-0.2, -0.15) is 0 Å². The molecule has 1 aliphatic carbocycles. The van der Waals surface area contributed by atoms with E-state index in [4.69, 9.17) is 9.72 Å². The van der Waals surface area contributed by atoms with Gasteiger partial charge in [0.15, 0.2) is 5.78 Å². The quantitative estimate of drug-likeness (QED) is 0.0922. The van der Waals surface area contributed by atoms with Gasteiger partial charge in [-0.15, -0.1) is 0 Å². The molecule has 6 rings (SSSR count). The van der Waals surface area contributed by atoms with Crippen molar-refractivity contribution in [2.24, 2.45) is 11.8 Å². The van der Waals surface area contributed by atoms with Crippen molar-refractivity contribution in [2.75, 3.05) is 13.2 Å². The molecule has 1 aliphatic rings. The van der Waals surface area contributed by atoms with Crippen LogP contribution in [-0.2, 0) is 30.5 Å². The number of carbonyl (C=O) groups is 2. The fourth-order valence-electron chi connectivity index (χ4n) is 7.10. The highest BCUT2D eigenvalue weighted by Crippen LogP contribution is 2.35. The van der Waals surface area contributed by atoms with Crippen molar-refractivity contribution in [2.45, 2.75) is 58.5 Å². The number of hydrogen-bond donors (Lipinski definition) is 1. The number of ketones is 1. The topological polar surface area (TPSA) is 73.2 Å². The molecule has 246 valence electrons. The highest BCUT2D eigenvalue weighted by Gasteiger charge is 2.29. The first-order valence-corrected chi connectivity index (χ1v) is 17.2. The SMILES string of the molecule is CCOC(=O)c1ccc(C[C@H](CNCc2ccccc2)CC(C)CC(=O)c2ncn(C3Cc4ccccc4C3)c2-c2ccccc2)cc1. The largest absolute Gasteiger partial charge is 0.462 e. The summed E-state index contributed by atoms with van der Waals surface area (Å²) < 4.78 is 7.40. The van der Waals surface area contributed by atoms with E-state index in [0.29, 0.717) is 30.2 Å². The van der Waals surface area contributed by atoms with Gasteiger partial charge in [-0.05, 0) is 85.4 Å². The summed E-state index contributed by atoms with van der Waals surface area (Å²) in [6.45, 7) is 5.95. The highest BCUT2D eigenvalue weighted by atomic mass is 16.5. The fourth-order valence-corrected chi connectivity index (χ4v) is 7.10. The van der Waals surface area contributed by atoms with E-state index in [1.54, 1.807) is 0 Å². The Morgan fingerprint density at radius 1 is 0.854 bits per heavy atom. The lowest BCUT2D eigenvalue weighted by molar-refractivity contribution is 0.0526. The zero-order valence-corrected chi connectivity index (χ0v) is 28.0. The van der Waals surface area contributed by atoms with Crippen LogP contribution in [0.3, 0.4) is 0 Å². The Morgan fingerprint density at radius 2 is 1.50 bits per heavy atom. The normalized spacial score (nSPS) is 14.0. The number of nitrogens with zero attached hydrogens (tertiary/aromatic N) is 2. The van der Waals surface area contributed by atoms with Crippen molar-refractivity contribution in [3.63, 3.8) is 0 Å². The van der Waals surface area contributed by atoms with Crippen LogP contribution in [0.25, 0.3) is 11.3 Å². The molecule has 0 bridgehead atoms. The van der Waals surface area contributed by atoms with E-state index >= 15 is 0 Å². The predicted molar refractivity (Wildman–Crippen MR) is 191 cm³/mol. The molecule has 5 aromatic rings. The van der Waals surface area contributed by atoms with Gasteiger partial charge >= 0.3 is 5.97 Å². The van der Waals surface area contributed by atoms with Gasteiger partial charge in [-0.3, -0.25) is 4.79 Å². The molecule has 2 atom stereocenters. The zero-order chi connectivity index (χ0) is 33.3. The van der Waals surface area contributed by atoms with Gasteiger partial charge in [0, 0.05) is 24.6 Å². The molecule has 1 unspecified atom stereocenters. The Balaban J connectivity index is 1.17. The molecule has 0 saturated carbocycles. The Kier molecular flexibility index (Phi) is 10.9. The third-order valence-electron chi connectivity index (χ3n) is 9.39. The number of fused-ring (bicyclic) bond motifs is 1. The lowest BCUT2D eigenvalue weighted by atomic mass is 9.87. The van der Waals surface area contributed by atoms with Gasteiger partial charge < -0.3 is 14.6 Å². The van der Waals surface area contributed by atoms with Gasteiger partial charge in [0.1, 0.15) is 5.69 Å². The average Bonchev–Trinajstić information content (AvgIpc) is 3.75. The maximum Gasteiger partial charge on any atom is 0.338 e. The Bertz CT molecular complexity index is 1770. The summed E-state index contributed by atoms with van der Waals surface area (Å²) in [6.07, 6.45) is 5.91. The first kappa shape index (κ1) is 33.1. The Labute approximate surface area is 284 Å². The van der Waals surface area contributed by atoms with Gasteiger partial charge in [0.05, 0.1) is 24.2 Å². The van der Waals surface area contributed by atoms with E-state index in [1.807, 2.05) is 61.8 Å². The molecule has 4 aromatic carbocycles. The molecule has 1 N–H and O–H groups in total. The van der Waals surface area contributed by atoms with Crippen molar-refractivity contribution >= 4 is 11.8 Å². The molecule has 6 nitrogen and oxygen atoms in total. The third kappa shape index (κ3) is 8.18. The minimum atomic E-state index is -0.299. The number of Topliss-reactive ketones (excluding diaryl/α,β-unsaturated/α-hetero) is 1. The molecule has 0 amide bonds. The number of nitrogens with one attached hydrogen (secondary N) is 1. The number of ether oxygens (including phenoxy) is 1. The van der Waals surface area contributed by atoms with Crippen LogP contribution in [0.2, 0.25) is 0 Å². The van der Waals surface area contributed by atoms with Crippen molar-refractivity contribution in [1.29, 1.82) is 0 Å². The second-order valence-electron chi connectivity index (χ2n) is 13.1. The summed E-state index contributed by atoms with van der Waals surface area (Å²) in [6, 6.07) is 37.2. The summed E-state index contributed by atoms with van der Waals surface area (Å²) in [5.41, 5.74) is 8.23. The molecule has 0 fully saturated rings. The molecular weight excluding hydrogens is 594 g/mol. The number of aromatic nitrogens is 2. The summed E-state index contributed by atoms with van der Waals surface area (Å²) in [7, 11) is 0. The molecule has 48 heavy (non-hydrogen) atoms. The van der Waals surface area contributed by atoms with E-state index in [2.05, 4.69) is 77.5 Å². The van der Waals surface area contributed by atoms with Crippen LogP contribution in [0.15, 0.2) is 116 Å². The summed E-state index contributed by atoms with van der Waals surface area (Å²) in [4.78, 5) is 31.0. The molecule has 0 saturated heterocycles. The molecule has 1 aromatic heterocycles. The van der Waals surface area contributed by atoms with Crippen LogP contribution in [0.1, 0.15) is 75.8 Å². The van der Waals surface area contributed by atoms with Gasteiger partial charge in [0.2, 0.25) is 0 Å². The number of rotatable bonds is 15. The van der Waals surface area contributed by atoms with Crippen LogP contribution in [-0.4, -0.2) is 34.5 Å². The summed E-state index contributed by atoms with van der Waals surface area (Å²) >= 11 is 0. The number of carbonyl (C=O) groups excluding carboxylic acids is 2. The molecule has 6 heteroatoms. The lowest BCUT2D eigenvalue weighted by Gasteiger charge is -2.22. The minimum Gasteiger partial charge on any atom is -0.462 e. The summed E-state index contributed by atoms with van der Waals surface area (Å²) in [5, 5.41) is 3.66. The van der Waals surface area contributed by atoms with Gasteiger partial charge in [0.25, 0.3) is 0 Å². The summed E-state index contributed by atoms with van der Waals surface area (Å²) in [5.74, 6) is 0.245. The molecule has 1 heterocycles. The molecule has 0 radical (unpaired) electrons. The lowest BCUT2D eigenvalue weighted by Crippen LogP contribution is -2.26. The number of hydrogen-bond acceptors (Lipinski definition) is 5. The standard InChI is InChI=1S/C42H45N3O3/c1-3-48-42(47)35-20-18-31(19-21-35)24-33(28-43-27-32-12-6-4-7-13-32)22-30(2)23-39(46)40-41(34-14-8-5-9-15-34)45(29-44-40)38-25-36-16-10-11-17-37(36)26-38/h4-21,29-30,33,38,43H,3,22-28H2,1-2H3/t30?,33-/m1/s1. The number of esters is 1. The van der Waals surface area contributed by atoms with Crippen molar-refractivity contribution in [3.05, 3.63) is 149 Å². The highest BCUT2D eigenvalue weighted by molar-refractivity contribution is 6.00. The van der Waals surface area contributed by atoms with E-state index in [9.17, 15) is 9.59 Å². The molecule has 0 aliphatic heterocycles. The van der Waals surface area contributed by atoms with Crippen LogP contribution in [0.4, 0.5) is 0 Å². The minimum absolute atomic E-state index is 0.0883. The predicted octanol–water partition coefficient (Wildman–Crippen LogP) is 8.31. The smallest absolute Gasteiger partial charge is 0.338 e. The van der Waals surface area contributed by atoms with Crippen LogP contribution in [0, 0.1) is 11.8 Å². The first-order chi connectivity index (χ1) is 23.5. The zero-order valence-electron chi connectivity index (χ0n) is 28.0. The monoisotopic (exact) mass is 639 g/mol. The molecule has 0 spiro atoms. The van der Waals surface area contributed by atoms with E-state index in [1.165, 1.54) is 16.7 Å². The van der Waals surface area contributed by atoms with Crippen molar-refractivity contribution < 1.29 is 14.3 Å². The fraction of sp³-hybridized carbons (Fsp3) is 0.310. The van der Waals surface area contributed by atoms with Gasteiger partial charge in [-0.1, -0.05) is 104 Å². The second kappa shape index (κ2) is 15.9. The van der Waals surface area contributed by atoms with Crippen LogP contribution >= 0.6 is 0 Å². The van der Waals surface area contributed by atoms with E-state index in [0.717, 1.165) is 55.6 Å². The maximum atomic E-state index is 14.1. The second-order valence-corrected chi connectivity index (χ2v) is 13.1. The first-order valence-electron chi connectivity index (χ1n) is 17.2. The van der Waals surface area contributed by atoms with Crippen LogP contribution in [0.5, 0.6) is 0 Å². The Hall–Kier alpha value is -4.81. The maximum absolute atomic E-state index is 14.1. The Morgan fingerprint density at radius 3 is 2.17 bits per heavy atom. The average molecular weight is 640 g/mol. The van der Waals surface area contributed by atoms with E-state index < -0.39 is 0 Å². The van der Waals surface area contributed by atoms with Crippen molar-refractivity contribution in [1.82, 2.24) is 14.9 Å². The number of benzene rings is 4. The van der Waals surface area contributed by atoms with Crippen molar-refractivity contribution in [3.8, 4) is 11.3 Å².